The molecule has 2 N–H and O–H groups in total. The van der Waals surface area contributed by atoms with Gasteiger partial charge in [0.1, 0.15) is 19.2 Å². The highest BCUT2D eigenvalue weighted by Gasteiger charge is 2.42. The Morgan fingerprint density at radius 1 is 1.26 bits per heavy atom. The van der Waals surface area contributed by atoms with Crippen LogP contribution in [0.15, 0.2) is 30.3 Å². The van der Waals surface area contributed by atoms with E-state index < -0.39 is 46.8 Å². The van der Waals surface area contributed by atoms with Gasteiger partial charge < -0.3 is 15.2 Å². The van der Waals surface area contributed by atoms with Crippen molar-refractivity contribution >= 4 is 28.1 Å². The minimum atomic E-state index is -3.79. The van der Waals surface area contributed by atoms with Crippen molar-refractivity contribution in [3.8, 4) is 0 Å². The van der Waals surface area contributed by atoms with Crippen molar-refractivity contribution in [1.82, 2.24) is 10.2 Å². The van der Waals surface area contributed by atoms with Crippen molar-refractivity contribution in [1.29, 1.82) is 0 Å². The van der Waals surface area contributed by atoms with E-state index >= 15 is 0 Å². The highest BCUT2D eigenvalue weighted by molar-refractivity contribution is 7.86. The van der Waals surface area contributed by atoms with E-state index in [1.54, 1.807) is 24.3 Å². The Labute approximate surface area is 156 Å². The van der Waals surface area contributed by atoms with Crippen LogP contribution in [0, 0.1) is 0 Å². The standard InChI is InChI=1S/C16H20N2O8S/c1-27(23,24)26-12-7-13(15(21)17-8-14(19)20)18(9-12)16(22)25-10-11-5-3-2-4-6-11/h2-6,12-13H,7-10H2,1H3,(H,17,21)(H,19,20). The lowest BCUT2D eigenvalue weighted by molar-refractivity contribution is -0.138. The van der Waals surface area contributed by atoms with Crippen molar-refractivity contribution in [3.63, 3.8) is 0 Å². The van der Waals surface area contributed by atoms with Gasteiger partial charge in [0.05, 0.1) is 18.9 Å². The number of amides is 2. The zero-order valence-corrected chi connectivity index (χ0v) is 15.3. The van der Waals surface area contributed by atoms with Crippen molar-refractivity contribution < 1.29 is 36.8 Å². The minimum absolute atomic E-state index is 0.0305. The lowest BCUT2D eigenvalue weighted by atomic mass is 10.2. The molecule has 1 aromatic carbocycles. The minimum Gasteiger partial charge on any atom is -0.480 e. The van der Waals surface area contributed by atoms with Gasteiger partial charge in [-0.1, -0.05) is 30.3 Å². The summed E-state index contributed by atoms with van der Waals surface area (Å²) >= 11 is 0. The van der Waals surface area contributed by atoms with Gasteiger partial charge in [0.2, 0.25) is 5.91 Å². The van der Waals surface area contributed by atoms with Crippen LogP contribution in [0.1, 0.15) is 12.0 Å². The summed E-state index contributed by atoms with van der Waals surface area (Å²) in [6.07, 6.45) is -0.985. The third-order valence-electron chi connectivity index (χ3n) is 3.73. The second-order valence-electron chi connectivity index (χ2n) is 5.98. The number of likely N-dealkylation sites (tertiary alicyclic amines) is 1. The highest BCUT2D eigenvalue weighted by atomic mass is 32.2. The Hall–Kier alpha value is -2.66. The molecule has 2 rings (SSSR count). The molecule has 148 valence electrons. The summed E-state index contributed by atoms with van der Waals surface area (Å²) in [7, 11) is -3.79. The Kier molecular flexibility index (Phi) is 6.75. The first-order valence-corrected chi connectivity index (χ1v) is 9.82. The number of carboxylic acids is 1. The van der Waals surface area contributed by atoms with Gasteiger partial charge in [-0.05, 0) is 5.56 Å². The number of hydrogen-bond acceptors (Lipinski definition) is 7. The molecule has 2 amide bonds. The number of nitrogens with zero attached hydrogens (tertiary/aromatic N) is 1. The van der Waals surface area contributed by atoms with Gasteiger partial charge in [0.15, 0.2) is 0 Å². The maximum atomic E-state index is 12.4. The van der Waals surface area contributed by atoms with Gasteiger partial charge in [-0.3, -0.25) is 18.7 Å². The molecule has 2 atom stereocenters. The molecule has 10 nitrogen and oxygen atoms in total. The van der Waals surface area contributed by atoms with Crippen molar-refractivity contribution in [2.24, 2.45) is 0 Å². The predicted octanol–water partition coefficient (Wildman–Crippen LogP) is -0.0569. The number of rotatable bonds is 7. The van der Waals surface area contributed by atoms with Crippen LogP contribution in [0.3, 0.4) is 0 Å². The predicted molar refractivity (Wildman–Crippen MR) is 92.1 cm³/mol. The zero-order chi connectivity index (χ0) is 20.0. The van der Waals surface area contributed by atoms with Gasteiger partial charge >= 0.3 is 12.1 Å². The molecule has 1 aromatic rings. The fraction of sp³-hybridized carbons (Fsp3) is 0.438. The van der Waals surface area contributed by atoms with Gasteiger partial charge in [-0.2, -0.15) is 8.42 Å². The van der Waals surface area contributed by atoms with E-state index in [1.165, 1.54) is 0 Å². The monoisotopic (exact) mass is 400 g/mol. The van der Waals surface area contributed by atoms with Crippen LogP contribution >= 0.6 is 0 Å². The van der Waals surface area contributed by atoms with Gasteiger partial charge in [0.25, 0.3) is 10.1 Å². The van der Waals surface area contributed by atoms with E-state index in [1.807, 2.05) is 6.07 Å². The number of carboxylic acid groups (broad SMARTS) is 1. The molecule has 1 fully saturated rings. The lowest BCUT2D eigenvalue weighted by Crippen LogP contribution is -2.47. The molecule has 1 aliphatic rings. The number of carbonyl (C=O) groups is 3. The van der Waals surface area contributed by atoms with E-state index in [9.17, 15) is 22.8 Å². The van der Waals surface area contributed by atoms with Crippen LogP contribution in [-0.4, -0.2) is 67.9 Å². The highest BCUT2D eigenvalue weighted by Crippen LogP contribution is 2.23. The van der Waals surface area contributed by atoms with Gasteiger partial charge in [0, 0.05) is 6.42 Å². The number of aliphatic carboxylic acids is 1. The summed E-state index contributed by atoms with van der Waals surface area (Å²) in [5.41, 5.74) is 0.737. The van der Waals surface area contributed by atoms with E-state index in [-0.39, 0.29) is 19.6 Å². The average molecular weight is 400 g/mol. The quantitative estimate of drug-likeness (QED) is 0.607. The molecule has 0 bridgehead atoms. The van der Waals surface area contributed by atoms with Crippen LogP contribution < -0.4 is 5.32 Å². The number of hydrogen-bond donors (Lipinski definition) is 2. The fourth-order valence-corrected chi connectivity index (χ4v) is 3.28. The van der Waals surface area contributed by atoms with Crippen LogP contribution in [0.25, 0.3) is 0 Å². The Morgan fingerprint density at radius 2 is 1.93 bits per heavy atom. The maximum absolute atomic E-state index is 12.4. The molecule has 0 aromatic heterocycles. The molecule has 0 radical (unpaired) electrons. The van der Waals surface area contributed by atoms with Crippen molar-refractivity contribution in [2.45, 2.75) is 25.2 Å². The average Bonchev–Trinajstić information content (AvgIpc) is 3.00. The SMILES string of the molecule is CS(=O)(=O)OC1CC(C(=O)NCC(=O)O)N(C(=O)OCc2ccccc2)C1. The molecule has 1 aliphatic heterocycles. The van der Waals surface area contributed by atoms with E-state index in [4.69, 9.17) is 14.0 Å². The molecule has 1 heterocycles. The van der Waals surface area contributed by atoms with Crippen molar-refractivity contribution in [2.75, 3.05) is 19.3 Å². The second-order valence-corrected chi connectivity index (χ2v) is 7.58. The smallest absolute Gasteiger partial charge is 0.410 e. The number of ether oxygens (including phenoxy) is 1. The molecule has 1 saturated heterocycles. The molecule has 0 spiro atoms. The normalized spacial score (nSPS) is 19.5. The molecule has 2 unspecified atom stereocenters. The molecule has 0 saturated carbocycles. The van der Waals surface area contributed by atoms with Crippen molar-refractivity contribution in [3.05, 3.63) is 35.9 Å². The lowest BCUT2D eigenvalue weighted by Gasteiger charge is -2.22. The fourth-order valence-electron chi connectivity index (χ4n) is 2.65. The Bertz CT molecular complexity index is 796. The number of benzene rings is 1. The number of nitrogens with one attached hydrogen (secondary N) is 1. The maximum Gasteiger partial charge on any atom is 0.410 e. The molecule has 27 heavy (non-hydrogen) atoms. The second kappa shape index (κ2) is 8.82. The summed E-state index contributed by atoms with van der Waals surface area (Å²) in [5.74, 6) is -1.97. The molecular formula is C16H20N2O8S. The summed E-state index contributed by atoms with van der Waals surface area (Å²) in [5, 5.41) is 10.8. The summed E-state index contributed by atoms with van der Waals surface area (Å²) in [6.45, 7) is -0.830. The largest absolute Gasteiger partial charge is 0.480 e. The third kappa shape index (κ3) is 6.53. The summed E-state index contributed by atoms with van der Waals surface area (Å²) in [4.78, 5) is 36.3. The molecular weight excluding hydrogens is 380 g/mol. The third-order valence-corrected chi connectivity index (χ3v) is 4.35. The molecule has 0 aliphatic carbocycles. The Balaban J connectivity index is 2.06. The summed E-state index contributed by atoms with van der Waals surface area (Å²) in [6, 6.07) is 7.77. The summed E-state index contributed by atoms with van der Waals surface area (Å²) < 4.78 is 32.7. The molecule has 11 heteroatoms. The van der Waals surface area contributed by atoms with Crippen LogP contribution in [0.2, 0.25) is 0 Å². The topological polar surface area (TPSA) is 139 Å². The van der Waals surface area contributed by atoms with E-state index in [2.05, 4.69) is 5.32 Å². The Morgan fingerprint density at radius 3 is 2.52 bits per heavy atom. The number of carbonyl (C=O) groups excluding carboxylic acids is 2. The van der Waals surface area contributed by atoms with Crippen LogP contribution in [0.5, 0.6) is 0 Å². The van der Waals surface area contributed by atoms with Gasteiger partial charge in [-0.15, -0.1) is 0 Å². The first-order valence-electron chi connectivity index (χ1n) is 8.01. The van der Waals surface area contributed by atoms with Crippen LogP contribution in [-0.2, 0) is 35.2 Å². The van der Waals surface area contributed by atoms with Crippen LogP contribution in [0.4, 0.5) is 4.79 Å². The van der Waals surface area contributed by atoms with Gasteiger partial charge in [-0.25, -0.2) is 4.79 Å². The first kappa shape index (κ1) is 20.6. The van der Waals surface area contributed by atoms with E-state index in [0.717, 1.165) is 16.7 Å². The zero-order valence-electron chi connectivity index (χ0n) is 14.5. The first-order chi connectivity index (χ1) is 12.7. The van der Waals surface area contributed by atoms with E-state index in [0.29, 0.717) is 0 Å².